The molecule has 1 aromatic carbocycles. The van der Waals surface area contributed by atoms with Crippen LogP contribution < -0.4 is 4.74 Å². The minimum Gasteiger partial charge on any atom is -0.496 e. The number of imidazole rings is 1. The Morgan fingerprint density at radius 2 is 2.11 bits per heavy atom. The van der Waals surface area contributed by atoms with Crippen molar-refractivity contribution in [3.05, 3.63) is 54.1 Å². The molecule has 4 rings (SSSR count). The predicted molar refractivity (Wildman–Crippen MR) is 109 cm³/mol. The van der Waals surface area contributed by atoms with E-state index >= 15 is 0 Å². The lowest BCUT2D eigenvalue weighted by molar-refractivity contribution is -0.129. The average Bonchev–Trinajstić information content (AvgIpc) is 3.33. The van der Waals surface area contributed by atoms with E-state index < -0.39 is 0 Å². The molecular weight excluding hydrogens is 352 g/mol. The van der Waals surface area contributed by atoms with Crippen molar-refractivity contribution < 1.29 is 9.53 Å². The highest BCUT2D eigenvalue weighted by Crippen LogP contribution is 2.32. The van der Waals surface area contributed by atoms with Gasteiger partial charge in [-0.2, -0.15) is 0 Å². The van der Waals surface area contributed by atoms with Gasteiger partial charge in [0.15, 0.2) is 0 Å². The topological polar surface area (TPSA) is 60.2 Å². The fraction of sp³-hybridized carbons (Fsp3) is 0.409. The summed E-state index contributed by atoms with van der Waals surface area (Å²) < 4.78 is 7.65. The lowest BCUT2D eigenvalue weighted by atomic mass is 10.1. The third-order valence-electron chi connectivity index (χ3n) is 5.48. The van der Waals surface area contributed by atoms with Crippen molar-refractivity contribution in [2.24, 2.45) is 0 Å². The monoisotopic (exact) mass is 378 g/mol. The van der Waals surface area contributed by atoms with E-state index in [0.717, 1.165) is 41.1 Å². The van der Waals surface area contributed by atoms with Gasteiger partial charge in [0.25, 0.3) is 0 Å². The van der Waals surface area contributed by atoms with E-state index in [1.54, 1.807) is 13.3 Å². The van der Waals surface area contributed by atoms with Gasteiger partial charge in [-0.25, -0.2) is 4.98 Å². The van der Waals surface area contributed by atoms with Crippen LogP contribution in [0.25, 0.3) is 11.0 Å². The van der Waals surface area contributed by atoms with Crippen molar-refractivity contribution in [2.75, 3.05) is 20.2 Å². The lowest BCUT2D eigenvalue weighted by Crippen LogP contribution is -2.30. The summed E-state index contributed by atoms with van der Waals surface area (Å²) in [7, 11) is 1.64. The first-order valence-electron chi connectivity index (χ1n) is 9.80. The zero-order valence-electron chi connectivity index (χ0n) is 16.6. The third-order valence-corrected chi connectivity index (χ3v) is 5.48. The molecule has 0 spiro atoms. The molecule has 1 aliphatic heterocycles. The van der Waals surface area contributed by atoms with Crippen LogP contribution in [-0.4, -0.2) is 45.5 Å². The average molecular weight is 378 g/mol. The fourth-order valence-electron chi connectivity index (χ4n) is 4.11. The number of methoxy groups -OCH3 is 1. The first-order valence-corrected chi connectivity index (χ1v) is 9.80. The standard InChI is InChI=1S/C22H26N4O2/c1-15(2)26-19-13-23-10-8-18(19)24-22(26)17-9-11-25(14-17)21(27)12-16-6-4-5-7-20(16)28-3/h4-8,10,13,15,17H,9,11-12,14H2,1-3H3/t17-/m1/s1. The van der Waals surface area contributed by atoms with Gasteiger partial charge in [-0.05, 0) is 32.4 Å². The van der Waals surface area contributed by atoms with Gasteiger partial charge >= 0.3 is 0 Å². The molecule has 3 heterocycles. The van der Waals surface area contributed by atoms with Crippen LogP contribution in [0, 0.1) is 0 Å². The molecule has 0 bridgehead atoms. The van der Waals surface area contributed by atoms with Crippen LogP contribution in [0.5, 0.6) is 5.75 Å². The molecule has 0 aliphatic carbocycles. The Balaban J connectivity index is 1.54. The molecule has 3 aromatic rings. The maximum absolute atomic E-state index is 12.9. The summed E-state index contributed by atoms with van der Waals surface area (Å²) in [5.41, 5.74) is 2.96. The summed E-state index contributed by atoms with van der Waals surface area (Å²) in [6, 6.07) is 9.96. The Labute approximate surface area is 165 Å². The Kier molecular flexibility index (Phi) is 5.03. The van der Waals surface area contributed by atoms with Gasteiger partial charge in [-0.3, -0.25) is 9.78 Å². The molecule has 0 radical (unpaired) electrons. The number of pyridine rings is 1. The number of carbonyl (C=O) groups is 1. The van der Waals surface area contributed by atoms with Gasteiger partial charge in [0.1, 0.15) is 11.6 Å². The van der Waals surface area contributed by atoms with Crippen LogP contribution >= 0.6 is 0 Å². The molecule has 1 amide bonds. The highest BCUT2D eigenvalue weighted by molar-refractivity contribution is 5.80. The molecule has 1 atom stereocenters. The number of para-hydroxylation sites is 1. The predicted octanol–water partition coefficient (Wildman–Crippen LogP) is 3.58. The first kappa shape index (κ1) is 18.5. The quantitative estimate of drug-likeness (QED) is 0.681. The molecule has 6 heteroatoms. The van der Waals surface area contributed by atoms with Gasteiger partial charge < -0.3 is 14.2 Å². The molecular formula is C22H26N4O2. The summed E-state index contributed by atoms with van der Waals surface area (Å²) in [5, 5.41) is 0. The molecule has 1 saturated heterocycles. The molecule has 146 valence electrons. The normalized spacial score (nSPS) is 16.9. The van der Waals surface area contributed by atoms with E-state index in [9.17, 15) is 4.79 Å². The molecule has 0 saturated carbocycles. The van der Waals surface area contributed by atoms with Crippen LogP contribution in [0.4, 0.5) is 0 Å². The summed E-state index contributed by atoms with van der Waals surface area (Å²) >= 11 is 0. The second kappa shape index (κ2) is 7.62. The van der Waals surface area contributed by atoms with Crippen molar-refractivity contribution in [1.29, 1.82) is 0 Å². The summed E-state index contributed by atoms with van der Waals surface area (Å²) in [5.74, 6) is 2.21. The Morgan fingerprint density at radius 3 is 2.89 bits per heavy atom. The third kappa shape index (κ3) is 3.35. The molecule has 28 heavy (non-hydrogen) atoms. The van der Waals surface area contributed by atoms with Crippen molar-refractivity contribution >= 4 is 16.9 Å². The van der Waals surface area contributed by atoms with Gasteiger partial charge in [-0.15, -0.1) is 0 Å². The summed E-state index contributed by atoms with van der Waals surface area (Å²) in [6.45, 7) is 5.80. The summed E-state index contributed by atoms with van der Waals surface area (Å²) in [6.07, 6.45) is 4.95. The second-order valence-electron chi connectivity index (χ2n) is 7.61. The Morgan fingerprint density at radius 1 is 1.29 bits per heavy atom. The van der Waals surface area contributed by atoms with Crippen LogP contribution in [0.15, 0.2) is 42.7 Å². The zero-order chi connectivity index (χ0) is 19.7. The van der Waals surface area contributed by atoms with E-state index in [2.05, 4.69) is 23.4 Å². The van der Waals surface area contributed by atoms with Crippen LogP contribution in [0.2, 0.25) is 0 Å². The van der Waals surface area contributed by atoms with Gasteiger partial charge in [0, 0.05) is 36.8 Å². The minimum absolute atomic E-state index is 0.140. The Bertz CT molecular complexity index is 995. The van der Waals surface area contributed by atoms with E-state index in [1.165, 1.54) is 0 Å². The van der Waals surface area contributed by atoms with Crippen LogP contribution in [0.1, 0.15) is 43.6 Å². The summed E-state index contributed by atoms with van der Waals surface area (Å²) in [4.78, 5) is 24.0. The Hall–Kier alpha value is -2.89. The molecule has 1 fully saturated rings. The van der Waals surface area contributed by atoms with Gasteiger partial charge in [0.2, 0.25) is 5.91 Å². The highest BCUT2D eigenvalue weighted by atomic mass is 16.5. The second-order valence-corrected chi connectivity index (χ2v) is 7.61. The fourth-order valence-corrected chi connectivity index (χ4v) is 4.11. The molecule has 1 aliphatic rings. The molecule has 2 aromatic heterocycles. The van der Waals surface area contributed by atoms with Gasteiger partial charge in [0.05, 0.1) is 30.8 Å². The molecule has 6 nitrogen and oxygen atoms in total. The number of carbonyl (C=O) groups excluding carboxylic acids is 1. The number of rotatable bonds is 5. The maximum atomic E-state index is 12.9. The number of hydrogen-bond donors (Lipinski definition) is 0. The van der Waals surface area contributed by atoms with Crippen molar-refractivity contribution in [2.45, 2.75) is 38.6 Å². The lowest BCUT2D eigenvalue weighted by Gasteiger charge is -2.19. The van der Waals surface area contributed by atoms with E-state index in [-0.39, 0.29) is 11.8 Å². The number of aromatic nitrogens is 3. The number of benzene rings is 1. The van der Waals surface area contributed by atoms with Crippen molar-refractivity contribution in [1.82, 2.24) is 19.4 Å². The van der Waals surface area contributed by atoms with Crippen molar-refractivity contribution in [3.8, 4) is 5.75 Å². The largest absolute Gasteiger partial charge is 0.496 e. The number of hydrogen-bond acceptors (Lipinski definition) is 4. The van der Waals surface area contributed by atoms with Crippen LogP contribution in [-0.2, 0) is 11.2 Å². The van der Waals surface area contributed by atoms with Gasteiger partial charge in [-0.1, -0.05) is 18.2 Å². The number of fused-ring (bicyclic) bond motifs is 1. The van der Waals surface area contributed by atoms with E-state index in [4.69, 9.17) is 9.72 Å². The SMILES string of the molecule is COc1ccccc1CC(=O)N1CC[C@@H](c2nc3ccncc3n2C(C)C)C1. The van der Waals surface area contributed by atoms with Crippen molar-refractivity contribution in [3.63, 3.8) is 0 Å². The van der Waals surface area contributed by atoms with Crippen LogP contribution in [0.3, 0.4) is 0 Å². The van der Waals surface area contributed by atoms with E-state index in [1.807, 2.05) is 41.4 Å². The first-order chi connectivity index (χ1) is 13.6. The number of ether oxygens (including phenoxy) is 1. The smallest absolute Gasteiger partial charge is 0.227 e. The molecule has 0 unspecified atom stereocenters. The van der Waals surface area contributed by atoms with E-state index in [0.29, 0.717) is 19.0 Å². The number of nitrogens with zero attached hydrogens (tertiary/aromatic N) is 4. The zero-order valence-corrected chi connectivity index (χ0v) is 16.6. The number of amides is 1. The minimum atomic E-state index is 0.140. The maximum Gasteiger partial charge on any atom is 0.227 e. The molecule has 0 N–H and O–H groups in total. The number of likely N-dealkylation sites (tertiary alicyclic amines) is 1. The highest BCUT2D eigenvalue weighted by Gasteiger charge is 2.31.